The Morgan fingerprint density at radius 3 is 2.59 bits per heavy atom. The lowest BCUT2D eigenvalue weighted by Crippen LogP contribution is -2.44. The van der Waals surface area contributed by atoms with Crippen LogP contribution in [0.3, 0.4) is 0 Å². The first-order chi connectivity index (χ1) is 7.89. The molecule has 2 fully saturated rings. The molecule has 0 aliphatic heterocycles. The van der Waals surface area contributed by atoms with Gasteiger partial charge in [-0.1, -0.05) is 0 Å². The number of hydrogen-bond acceptors (Lipinski definition) is 3. The summed E-state index contributed by atoms with van der Waals surface area (Å²) in [4.78, 5) is 11.7. The van der Waals surface area contributed by atoms with E-state index in [2.05, 4.69) is 5.32 Å². The Balaban J connectivity index is 1.86. The summed E-state index contributed by atoms with van der Waals surface area (Å²) < 4.78 is 5.26. The quantitative estimate of drug-likeness (QED) is 0.776. The molecule has 4 atom stereocenters. The molecule has 2 aliphatic carbocycles. The minimum absolute atomic E-state index is 0.195. The van der Waals surface area contributed by atoms with Crippen molar-refractivity contribution in [1.82, 2.24) is 5.32 Å². The molecule has 2 bridgehead atoms. The van der Waals surface area contributed by atoms with Crippen molar-refractivity contribution in [3.8, 4) is 0 Å². The monoisotopic (exact) mass is 241 g/mol. The second-order valence-electron chi connectivity index (χ2n) is 6.43. The Bertz CT molecular complexity index is 298. The number of ether oxygens (including phenoxy) is 1. The van der Waals surface area contributed by atoms with Crippen molar-refractivity contribution in [2.45, 2.75) is 51.7 Å². The van der Waals surface area contributed by atoms with E-state index in [1.54, 1.807) is 0 Å². The standard InChI is InChI=1S/C13H23NO3/c1-13(2,3)17-12(16)14-11-6-8-4-9(7-15)10(11)5-8/h8-11,15H,4-7H2,1-3H3,(H,14,16)/t8-,9-,10-,11-/m1/s1. The SMILES string of the molecule is CC(C)(C)OC(=O)N[C@@H]1C[C@@H]2C[C@H](CO)[C@H]1C2. The zero-order valence-corrected chi connectivity index (χ0v) is 10.9. The Hall–Kier alpha value is -0.770. The third-order valence-electron chi connectivity index (χ3n) is 3.89. The van der Waals surface area contributed by atoms with Crippen LogP contribution in [0.1, 0.15) is 40.0 Å². The molecule has 0 spiro atoms. The number of alkyl carbamates (subject to hydrolysis) is 1. The van der Waals surface area contributed by atoms with E-state index in [0.29, 0.717) is 17.8 Å². The minimum Gasteiger partial charge on any atom is -0.444 e. The predicted molar refractivity (Wildman–Crippen MR) is 64.6 cm³/mol. The van der Waals surface area contributed by atoms with E-state index in [9.17, 15) is 9.90 Å². The predicted octanol–water partition coefficient (Wildman–Crippen LogP) is 1.92. The molecule has 2 saturated carbocycles. The molecule has 0 aromatic heterocycles. The van der Waals surface area contributed by atoms with Gasteiger partial charge in [0.1, 0.15) is 5.60 Å². The Kier molecular flexibility index (Phi) is 3.34. The first kappa shape index (κ1) is 12.7. The lowest BCUT2D eigenvalue weighted by molar-refractivity contribution is 0.0461. The summed E-state index contributed by atoms with van der Waals surface area (Å²) >= 11 is 0. The second kappa shape index (κ2) is 4.48. The molecule has 98 valence electrons. The van der Waals surface area contributed by atoms with Crippen LogP contribution in [0.4, 0.5) is 4.79 Å². The molecule has 2 aliphatic rings. The van der Waals surface area contributed by atoms with Crippen LogP contribution >= 0.6 is 0 Å². The van der Waals surface area contributed by atoms with Crippen molar-refractivity contribution in [3.05, 3.63) is 0 Å². The van der Waals surface area contributed by atoms with Crippen LogP contribution in [-0.2, 0) is 4.74 Å². The fourth-order valence-electron chi connectivity index (χ4n) is 3.33. The van der Waals surface area contributed by atoms with E-state index in [-0.39, 0.29) is 18.7 Å². The summed E-state index contributed by atoms with van der Waals surface area (Å²) in [5.74, 6) is 1.49. The van der Waals surface area contributed by atoms with Gasteiger partial charge in [0.25, 0.3) is 0 Å². The normalized spacial score (nSPS) is 36.0. The summed E-state index contributed by atoms with van der Waals surface area (Å²) in [5, 5.41) is 12.2. The molecule has 2 rings (SSSR count). The zero-order valence-electron chi connectivity index (χ0n) is 10.9. The summed E-state index contributed by atoms with van der Waals surface area (Å²) in [6.07, 6.45) is 2.98. The maximum Gasteiger partial charge on any atom is 0.407 e. The zero-order chi connectivity index (χ0) is 12.6. The third-order valence-corrected chi connectivity index (χ3v) is 3.89. The van der Waals surface area contributed by atoms with Gasteiger partial charge in [0.05, 0.1) is 0 Å². The van der Waals surface area contributed by atoms with Gasteiger partial charge in [0.2, 0.25) is 0 Å². The van der Waals surface area contributed by atoms with Gasteiger partial charge in [-0.3, -0.25) is 0 Å². The first-order valence-corrected chi connectivity index (χ1v) is 6.49. The van der Waals surface area contributed by atoms with Crippen molar-refractivity contribution in [2.75, 3.05) is 6.61 Å². The molecule has 0 aromatic carbocycles. The average Bonchev–Trinajstić information content (AvgIpc) is 2.72. The Morgan fingerprint density at radius 1 is 1.35 bits per heavy atom. The highest BCUT2D eigenvalue weighted by atomic mass is 16.6. The molecular formula is C13H23NO3. The van der Waals surface area contributed by atoms with Gasteiger partial charge < -0.3 is 15.2 Å². The van der Waals surface area contributed by atoms with Crippen LogP contribution < -0.4 is 5.32 Å². The van der Waals surface area contributed by atoms with Gasteiger partial charge in [0, 0.05) is 12.6 Å². The number of rotatable bonds is 2. The van der Waals surface area contributed by atoms with Crippen LogP contribution in [0.15, 0.2) is 0 Å². The number of fused-ring (bicyclic) bond motifs is 2. The van der Waals surface area contributed by atoms with Crippen LogP contribution in [-0.4, -0.2) is 29.4 Å². The van der Waals surface area contributed by atoms with E-state index < -0.39 is 5.60 Å². The number of carbonyl (C=O) groups is 1. The number of carbonyl (C=O) groups excluding carboxylic acids is 1. The average molecular weight is 241 g/mol. The number of nitrogens with one attached hydrogen (secondary N) is 1. The lowest BCUT2D eigenvalue weighted by Gasteiger charge is -2.30. The van der Waals surface area contributed by atoms with E-state index in [4.69, 9.17) is 4.74 Å². The van der Waals surface area contributed by atoms with Crippen LogP contribution in [0, 0.1) is 17.8 Å². The molecule has 0 aromatic rings. The molecule has 17 heavy (non-hydrogen) atoms. The molecule has 0 saturated heterocycles. The highest BCUT2D eigenvalue weighted by Crippen LogP contribution is 2.48. The molecule has 1 amide bonds. The van der Waals surface area contributed by atoms with E-state index >= 15 is 0 Å². The van der Waals surface area contributed by atoms with Gasteiger partial charge in [-0.25, -0.2) is 4.79 Å². The second-order valence-corrected chi connectivity index (χ2v) is 6.43. The van der Waals surface area contributed by atoms with Crippen molar-refractivity contribution >= 4 is 6.09 Å². The fourth-order valence-corrected chi connectivity index (χ4v) is 3.33. The highest BCUT2D eigenvalue weighted by Gasteiger charge is 2.46. The van der Waals surface area contributed by atoms with Crippen LogP contribution in [0.25, 0.3) is 0 Å². The number of amides is 1. The fraction of sp³-hybridized carbons (Fsp3) is 0.923. The number of aliphatic hydroxyl groups is 1. The Morgan fingerprint density at radius 2 is 2.06 bits per heavy atom. The molecule has 4 heteroatoms. The van der Waals surface area contributed by atoms with Gasteiger partial charge in [-0.05, 0) is 57.8 Å². The molecule has 0 radical (unpaired) electrons. The Labute approximate surface area is 103 Å². The molecule has 0 heterocycles. The molecule has 4 nitrogen and oxygen atoms in total. The third kappa shape index (κ3) is 2.92. The summed E-state index contributed by atoms with van der Waals surface area (Å²) in [6, 6.07) is 0.195. The van der Waals surface area contributed by atoms with E-state index in [1.807, 2.05) is 20.8 Å². The van der Waals surface area contributed by atoms with Gasteiger partial charge in [-0.2, -0.15) is 0 Å². The van der Waals surface area contributed by atoms with Gasteiger partial charge in [0.15, 0.2) is 0 Å². The molecular weight excluding hydrogens is 218 g/mol. The maximum absolute atomic E-state index is 11.7. The van der Waals surface area contributed by atoms with E-state index in [1.165, 1.54) is 0 Å². The summed E-state index contributed by atoms with van der Waals surface area (Å²) in [6.45, 7) is 5.84. The largest absolute Gasteiger partial charge is 0.444 e. The van der Waals surface area contributed by atoms with Crippen molar-refractivity contribution in [3.63, 3.8) is 0 Å². The number of hydrogen-bond donors (Lipinski definition) is 2. The maximum atomic E-state index is 11.7. The van der Waals surface area contributed by atoms with Crippen LogP contribution in [0.2, 0.25) is 0 Å². The summed E-state index contributed by atoms with van der Waals surface area (Å²) in [7, 11) is 0. The molecule has 2 N–H and O–H groups in total. The summed E-state index contributed by atoms with van der Waals surface area (Å²) in [5.41, 5.74) is -0.446. The first-order valence-electron chi connectivity index (χ1n) is 6.49. The van der Waals surface area contributed by atoms with E-state index in [0.717, 1.165) is 19.3 Å². The van der Waals surface area contributed by atoms with Crippen molar-refractivity contribution in [1.29, 1.82) is 0 Å². The van der Waals surface area contributed by atoms with Gasteiger partial charge >= 0.3 is 6.09 Å². The highest BCUT2D eigenvalue weighted by molar-refractivity contribution is 5.68. The topological polar surface area (TPSA) is 58.6 Å². The van der Waals surface area contributed by atoms with Crippen LogP contribution in [0.5, 0.6) is 0 Å². The lowest BCUT2D eigenvalue weighted by atomic mass is 9.86. The number of aliphatic hydroxyl groups excluding tert-OH is 1. The molecule has 0 unspecified atom stereocenters. The van der Waals surface area contributed by atoms with Gasteiger partial charge in [-0.15, -0.1) is 0 Å². The smallest absolute Gasteiger partial charge is 0.407 e. The minimum atomic E-state index is -0.446. The van der Waals surface area contributed by atoms with Crippen molar-refractivity contribution < 1.29 is 14.6 Å². The van der Waals surface area contributed by atoms with Crippen molar-refractivity contribution in [2.24, 2.45) is 17.8 Å².